The van der Waals surface area contributed by atoms with Gasteiger partial charge in [-0.3, -0.25) is 0 Å². The van der Waals surface area contributed by atoms with Crippen molar-refractivity contribution >= 4 is 0 Å². The lowest BCUT2D eigenvalue weighted by atomic mass is 9.96. The monoisotopic (exact) mass is 128 g/mol. The highest BCUT2D eigenvalue weighted by Crippen LogP contribution is 2.23. The van der Waals surface area contributed by atoms with Gasteiger partial charge in [0.05, 0.1) is 12.7 Å². The van der Waals surface area contributed by atoms with Crippen LogP contribution in [-0.2, 0) is 4.74 Å². The molecule has 1 heteroatoms. The quantitative estimate of drug-likeness (QED) is 0.566. The summed E-state index contributed by atoms with van der Waals surface area (Å²) < 4.78 is 5.35. The Balaban J connectivity index is 1.99. The van der Waals surface area contributed by atoms with E-state index in [0.717, 1.165) is 12.5 Å². The molecule has 54 valence electrons. The highest BCUT2D eigenvalue weighted by molar-refractivity contribution is 4.73. The van der Waals surface area contributed by atoms with Gasteiger partial charge in [0.25, 0.3) is 0 Å². The molecule has 0 bridgehead atoms. The first-order valence-electron chi connectivity index (χ1n) is 3.96. The molecule has 0 aromatic heterocycles. The zero-order valence-electron chi connectivity index (χ0n) is 6.39. The molecule has 1 nitrogen and oxygen atoms in total. The molecule has 0 aromatic rings. The standard InChI is InChI=1S/C8H16O/c1-3-4-5-8-7(2)6-9-8/h7-8H,3-6H2,1-2H3. The summed E-state index contributed by atoms with van der Waals surface area (Å²) in [6.45, 7) is 5.49. The van der Waals surface area contributed by atoms with E-state index in [1.165, 1.54) is 19.3 Å². The van der Waals surface area contributed by atoms with Crippen LogP contribution in [0.3, 0.4) is 0 Å². The summed E-state index contributed by atoms with van der Waals surface area (Å²) in [6, 6.07) is 0. The fourth-order valence-corrected chi connectivity index (χ4v) is 1.20. The summed E-state index contributed by atoms with van der Waals surface area (Å²) in [6.07, 6.45) is 4.50. The van der Waals surface area contributed by atoms with E-state index in [4.69, 9.17) is 4.74 Å². The van der Waals surface area contributed by atoms with Crippen molar-refractivity contribution in [3.63, 3.8) is 0 Å². The maximum Gasteiger partial charge on any atom is 0.0622 e. The van der Waals surface area contributed by atoms with Gasteiger partial charge < -0.3 is 4.74 Å². The topological polar surface area (TPSA) is 9.23 Å². The molecule has 9 heavy (non-hydrogen) atoms. The number of unbranched alkanes of at least 4 members (excludes halogenated alkanes) is 1. The Kier molecular flexibility index (Phi) is 2.52. The van der Waals surface area contributed by atoms with Gasteiger partial charge >= 0.3 is 0 Å². The van der Waals surface area contributed by atoms with Crippen LogP contribution < -0.4 is 0 Å². The minimum atomic E-state index is 0.602. The van der Waals surface area contributed by atoms with Gasteiger partial charge in [0.15, 0.2) is 0 Å². The van der Waals surface area contributed by atoms with Crippen LogP contribution in [0.4, 0.5) is 0 Å². The molecule has 0 saturated carbocycles. The van der Waals surface area contributed by atoms with Gasteiger partial charge in [-0.05, 0) is 6.42 Å². The Morgan fingerprint density at radius 1 is 1.56 bits per heavy atom. The van der Waals surface area contributed by atoms with E-state index in [0.29, 0.717) is 6.10 Å². The normalized spacial score (nSPS) is 34.0. The van der Waals surface area contributed by atoms with Crippen molar-refractivity contribution < 1.29 is 4.74 Å². The van der Waals surface area contributed by atoms with Gasteiger partial charge in [0, 0.05) is 5.92 Å². The van der Waals surface area contributed by atoms with E-state index in [2.05, 4.69) is 13.8 Å². The van der Waals surface area contributed by atoms with E-state index < -0.39 is 0 Å². The number of hydrogen-bond acceptors (Lipinski definition) is 1. The van der Waals surface area contributed by atoms with Crippen LogP contribution in [-0.4, -0.2) is 12.7 Å². The first kappa shape index (κ1) is 7.07. The number of hydrogen-bond donors (Lipinski definition) is 0. The van der Waals surface area contributed by atoms with Crippen LogP contribution >= 0.6 is 0 Å². The van der Waals surface area contributed by atoms with Crippen molar-refractivity contribution in [3.8, 4) is 0 Å². The average molecular weight is 128 g/mol. The molecule has 1 heterocycles. The maximum absolute atomic E-state index is 5.35. The lowest BCUT2D eigenvalue weighted by Gasteiger charge is -2.34. The van der Waals surface area contributed by atoms with E-state index in [-0.39, 0.29) is 0 Å². The minimum Gasteiger partial charge on any atom is -0.377 e. The molecule has 2 atom stereocenters. The van der Waals surface area contributed by atoms with E-state index in [1.807, 2.05) is 0 Å². The van der Waals surface area contributed by atoms with Crippen LogP contribution in [0.25, 0.3) is 0 Å². The predicted octanol–water partition coefficient (Wildman–Crippen LogP) is 2.21. The molecular weight excluding hydrogens is 112 g/mol. The molecule has 0 aliphatic carbocycles. The Morgan fingerprint density at radius 3 is 2.67 bits per heavy atom. The average Bonchev–Trinajstić information content (AvgIpc) is 1.86. The molecule has 1 aliphatic rings. The SMILES string of the molecule is CCCCC1OCC1C. The van der Waals surface area contributed by atoms with Crippen molar-refractivity contribution in [2.24, 2.45) is 5.92 Å². The van der Waals surface area contributed by atoms with Crippen molar-refractivity contribution in [1.29, 1.82) is 0 Å². The highest BCUT2D eigenvalue weighted by Gasteiger charge is 2.26. The van der Waals surface area contributed by atoms with Gasteiger partial charge in [0.2, 0.25) is 0 Å². The Morgan fingerprint density at radius 2 is 2.33 bits per heavy atom. The Bertz CT molecular complexity index is 80.6. The second kappa shape index (κ2) is 3.21. The summed E-state index contributed by atoms with van der Waals surface area (Å²) in [5.74, 6) is 0.830. The van der Waals surface area contributed by atoms with Gasteiger partial charge in [-0.1, -0.05) is 26.7 Å². The summed E-state index contributed by atoms with van der Waals surface area (Å²) in [4.78, 5) is 0. The fraction of sp³-hybridized carbons (Fsp3) is 1.00. The molecule has 1 saturated heterocycles. The van der Waals surface area contributed by atoms with Crippen molar-refractivity contribution in [3.05, 3.63) is 0 Å². The van der Waals surface area contributed by atoms with E-state index in [1.54, 1.807) is 0 Å². The van der Waals surface area contributed by atoms with E-state index in [9.17, 15) is 0 Å². The molecule has 0 spiro atoms. The molecule has 0 radical (unpaired) electrons. The number of ether oxygens (including phenoxy) is 1. The fourth-order valence-electron chi connectivity index (χ4n) is 1.20. The Labute approximate surface area is 57.4 Å². The van der Waals surface area contributed by atoms with Crippen LogP contribution in [0.5, 0.6) is 0 Å². The van der Waals surface area contributed by atoms with Crippen molar-refractivity contribution in [1.82, 2.24) is 0 Å². The van der Waals surface area contributed by atoms with Crippen LogP contribution in [0.2, 0.25) is 0 Å². The smallest absolute Gasteiger partial charge is 0.0622 e. The minimum absolute atomic E-state index is 0.602. The molecule has 0 N–H and O–H groups in total. The highest BCUT2D eigenvalue weighted by atomic mass is 16.5. The van der Waals surface area contributed by atoms with Gasteiger partial charge in [0.1, 0.15) is 0 Å². The molecule has 0 aromatic carbocycles. The van der Waals surface area contributed by atoms with Crippen LogP contribution in [0, 0.1) is 5.92 Å². The third-order valence-corrected chi connectivity index (χ3v) is 2.05. The first-order valence-corrected chi connectivity index (χ1v) is 3.96. The lowest BCUT2D eigenvalue weighted by molar-refractivity contribution is -0.110. The molecule has 0 amide bonds. The zero-order chi connectivity index (χ0) is 6.69. The van der Waals surface area contributed by atoms with Crippen molar-refractivity contribution in [2.45, 2.75) is 39.2 Å². The summed E-state index contributed by atoms with van der Waals surface area (Å²) in [5, 5.41) is 0. The lowest BCUT2D eigenvalue weighted by Crippen LogP contribution is -2.37. The largest absolute Gasteiger partial charge is 0.377 e. The van der Waals surface area contributed by atoms with Gasteiger partial charge in [-0.25, -0.2) is 0 Å². The van der Waals surface area contributed by atoms with Crippen LogP contribution in [0.1, 0.15) is 33.1 Å². The summed E-state index contributed by atoms with van der Waals surface area (Å²) in [7, 11) is 0. The van der Waals surface area contributed by atoms with Crippen LogP contribution in [0.15, 0.2) is 0 Å². The molecule has 1 aliphatic heterocycles. The van der Waals surface area contributed by atoms with Gasteiger partial charge in [-0.15, -0.1) is 0 Å². The first-order chi connectivity index (χ1) is 4.34. The van der Waals surface area contributed by atoms with E-state index >= 15 is 0 Å². The molecule has 1 rings (SSSR count). The Hall–Kier alpha value is -0.0400. The predicted molar refractivity (Wildman–Crippen MR) is 38.4 cm³/mol. The number of rotatable bonds is 3. The molecule has 2 unspecified atom stereocenters. The third kappa shape index (κ3) is 1.68. The molecule has 1 fully saturated rings. The van der Waals surface area contributed by atoms with Crippen molar-refractivity contribution in [2.75, 3.05) is 6.61 Å². The third-order valence-electron chi connectivity index (χ3n) is 2.05. The zero-order valence-corrected chi connectivity index (χ0v) is 6.39. The maximum atomic E-state index is 5.35. The summed E-state index contributed by atoms with van der Waals surface area (Å²) in [5.41, 5.74) is 0. The summed E-state index contributed by atoms with van der Waals surface area (Å²) >= 11 is 0. The second-order valence-corrected chi connectivity index (χ2v) is 2.99. The second-order valence-electron chi connectivity index (χ2n) is 2.99. The van der Waals surface area contributed by atoms with Gasteiger partial charge in [-0.2, -0.15) is 0 Å². The molecular formula is C8H16O.